The van der Waals surface area contributed by atoms with E-state index in [0.29, 0.717) is 24.2 Å². The molecule has 1 N–H and O–H groups in total. The molecule has 1 aliphatic carbocycles. The predicted octanol–water partition coefficient (Wildman–Crippen LogP) is 2.44. The number of carbonyl (C=O) groups is 1. The molecule has 3 rings (SSSR count). The molecule has 5 nitrogen and oxygen atoms in total. The summed E-state index contributed by atoms with van der Waals surface area (Å²) < 4.78 is 11.7. The third-order valence-corrected chi connectivity index (χ3v) is 5.15. The Morgan fingerprint density at radius 2 is 2.04 bits per heavy atom. The van der Waals surface area contributed by atoms with E-state index in [0.717, 1.165) is 32.4 Å². The first-order chi connectivity index (χ1) is 11.3. The van der Waals surface area contributed by atoms with Crippen LogP contribution in [-0.2, 0) is 14.3 Å². The van der Waals surface area contributed by atoms with Crippen molar-refractivity contribution in [3.63, 3.8) is 0 Å². The lowest BCUT2D eigenvalue weighted by Gasteiger charge is -2.35. The third kappa shape index (κ3) is 4.70. The highest BCUT2D eigenvalue weighted by Gasteiger charge is 2.36. The Morgan fingerprint density at radius 1 is 1.26 bits per heavy atom. The molecule has 1 saturated carbocycles. The zero-order valence-corrected chi connectivity index (χ0v) is 13.9. The van der Waals surface area contributed by atoms with Gasteiger partial charge in [-0.1, -0.05) is 19.3 Å². The molecule has 3 aliphatic rings. The SMILES string of the molecule is O=C(C1=C[C@H](C2CCCCC2)C[C@H](OCCCCO)O1)N1CC1. The number of nitrogens with zero attached hydrogens (tertiary/aromatic N) is 1. The fourth-order valence-electron chi connectivity index (χ4n) is 3.67. The lowest BCUT2D eigenvalue weighted by Crippen LogP contribution is -2.33. The van der Waals surface area contributed by atoms with Gasteiger partial charge in [0.15, 0.2) is 5.76 Å². The van der Waals surface area contributed by atoms with Gasteiger partial charge in [0, 0.05) is 26.1 Å². The molecule has 0 aromatic heterocycles. The molecule has 2 fully saturated rings. The monoisotopic (exact) mass is 323 g/mol. The zero-order valence-electron chi connectivity index (χ0n) is 13.9. The molecule has 0 aromatic rings. The number of hydrogen-bond acceptors (Lipinski definition) is 4. The summed E-state index contributed by atoms with van der Waals surface area (Å²) in [5.41, 5.74) is 0. The summed E-state index contributed by atoms with van der Waals surface area (Å²) in [6.45, 7) is 2.46. The van der Waals surface area contributed by atoms with Gasteiger partial charge in [0.05, 0.1) is 6.61 Å². The lowest BCUT2D eigenvalue weighted by molar-refractivity contribution is -0.154. The van der Waals surface area contributed by atoms with Crippen LogP contribution in [0.1, 0.15) is 51.4 Å². The maximum Gasteiger partial charge on any atom is 0.288 e. The van der Waals surface area contributed by atoms with E-state index in [1.54, 1.807) is 4.90 Å². The maximum atomic E-state index is 12.4. The second kappa shape index (κ2) is 8.15. The largest absolute Gasteiger partial charge is 0.459 e. The van der Waals surface area contributed by atoms with E-state index in [1.807, 2.05) is 0 Å². The number of allylic oxidation sites excluding steroid dienone is 1. The minimum Gasteiger partial charge on any atom is -0.459 e. The van der Waals surface area contributed by atoms with Crippen LogP contribution >= 0.6 is 0 Å². The number of aliphatic hydroxyl groups is 1. The standard InChI is InChI=1S/C18H29NO4/c20-10-4-5-11-22-17-13-15(14-6-2-1-3-7-14)12-16(23-17)18(21)19-8-9-19/h12,14-15,17,20H,1-11,13H2/t15-,17+/m0/s1. The van der Waals surface area contributed by atoms with E-state index in [4.69, 9.17) is 14.6 Å². The van der Waals surface area contributed by atoms with Gasteiger partial charge in [-0.3, -0.25) is 4.79 Å². The van der Waals surface area contributed by atoms with E-state index >= 15 is 0 Å². The highest BCUT2D eigenvalue weighted by molar-refractivity contribution is 5.93. The van der Waals surface area contributed by atoms with Crippen LogP contribution in [-0.4, -0.2) is 48.5 Å². The second-order valence-electron chi connectivity index (χ2n) is 6.97. The molecule has 5 heteroatoms. The van der Waals surface area contributed by atoms with Gasteiger partial charge in [0.25, 0.3) is 5.91 Å². The summed E-state index contributed by atoms with van der Waals surface area (Å²) in [5, 5.41) is 8.85. The van der Waals surface area contributed by atoms with Crippen LogP contribution in [0.3, 0.4) is 0 Å². The smallest absolute Gasteiger partial charge is 0.288 e. The maximum absolute atomic E-state index is 12.4. The molecular weight excluding hydrogens is 294 g/mol. The topological polar surface area (TPSA) is 58.8 Å². The van der Waals surface area contributed by atoms with Crippen LogP contribution in [0.2, 0.25) is 0 Å². The highest BCUT2D eigenvalue weighted by Crippen LogP contribution is 2.37. The van der Waals surface area contributed by atoms with Crippen LogP contribution in [0.4, 0.5) is 0 Å². The van der Waals surface area contributed by atoms with E-state index in [-0.39, 0.29) is 18.8 Å². The first-order valence-corrected chi connectivity index (χ1v) is 9.18. The minimum atomic E-state index is -0.315. The molecule has 1 amide bonds. The zero-order chi connectivity index (χ0) is 16.1. The predicted molar refractivity (Wildman–Crippen MR) is 86.5 cm³/mol. The number of ether oxygens (including phenoxy) is 2. The molecule has 1 saturated heterocycles. The van der Waals surface area contributed by atoms with Gasteiger partial charge in [-0.2, -0.15) is 0 Å². The van der Waals surface area contributed by atoms with Crippen molar-refractivity contribution in [3.05, 3.63) is 11.8 Å². The van der Waals surface area contributed by atoms with Gasteiger partial charge in [-0.05, 0) is 43.6 Å². The molecule has 2 heterocycles. The van der Waals surface area contributed by atoms with Crippen LogP contribution in [0.15, 0.2) is 11.8 Å². The van der Waals surface area contributed by atoms with E-state index in [1.165, 1.54) is 32.1 Å². The Balaban J connectivity index is 1.61. The average Bonchev–Trinajstić information content (AvgIpc) is 3.44. The molecule has 2 atom stereocenters. The second-order valence-corrected chi connectivity index (χ2v) is 6.97. The first kappa shape index (κ1) is 16.8. The van der Waals surface area contributed by atoms with Crippen molar-refractivity contribution < 1.29 is 19.4 Å². The minimum absolute atomic E-state index is 0.0227. The Hall–Kier alpha value is -1.07. The number of hydrogen-bond donors (Lipinski definition) is 1. The molecule has 0 radical (unpaired) electrons. The van der Waals surface area contributed by atoms with Crippen molar-refractivity contribution >= 4 is 5.91 Å². The Labute approximate surface area is 138 Å². The average molecular weight is 323 g/mol. The highest BCUT2D eigenvalue weighted by atomic mass is 16.7. The summed E-state index contributed by atoms with van der Waals surface area (Å²) >= 11 is 0. The van der Waals surface area contributed by atoms with Gasteiger partial charge in [0.2, 0.25) is 6.29 Å². The van der Waals surface area contributed by atoms with Crippen LogP contribution in [0, 0.1) is 11.8 Å². The van der Waals surface area contributed by atoms with E-state index in [2.05, 4.69) is 6.08 Å². The van der Waals surface area contributed by atoms with Crippen LogP contribution in [0.25, 0.3) is 0 Å². The van der Waals surface area contributed by atoms with Crippen molar-refractivity contribution in [2.24, 2.45) is 11.8 Å². The number of amides is 1. The molecule has 0 spiro atoms. The number of rotatable bonds is 7. The number of unbranched alkanes of at least 4 members (excludes halogenated alkanes) is 1. The summed E-state index contributed by atoms with van der Waals surface area (Å²) in [7, 11) is 0. The molecule has 23 heavy (non-hydrogen) atoms. The molecule has 2 aliphatic heterocycles. The van der Waals surface area contributed by atoms with Crippen molar-refractivity contribution in [1.82, 2.24) is 4.90 Å². The van der Waals surface area contributed by atoms with Crippen molar-refractivity contribution in [1.29, 1.82) is 0 Å². The fourth-order valence-corrected chi connectivity index (χ4v) is 3.67. The van der Waals surface area contributed by atoms with Crippen LogP contribution < -0.4 is 0 Å². The van der Waals surface area contributed by atoms with Crippen LogP contribution in [0.5, 0.6) is 0 Å². The van der Waals surface area contributed by atoms with E-state index < -0.39 is 0 Å². The van der Waals surface area contributed by atoms with Gasteiger partial charge < -0.3 is 19.5 Å². The van der Waals surface area contributed by atoms with Gasteiger partial charge >= 0.3 is 0 Å². The molecule has 0 aromatic carbocycles. The van der Waals surface area contributed by atoms with Crippen molar-refractivity contribution in [2.45, 2.75) is 57.7 Å². The van der Waals surface area contributed by atoms with Gasteiger partial charge in [-0.25, -0.2) is 0 Å². The quantitative estimate of drug-likeness (QED) is 0.577. The molecule has 130 valence electrons. The Bertz CT molecular complexity index is 427. The van der Waals surface area contributed by atoms with Crippen molar-refractivity contribution in [3.8, 4) is 0 Å². The fraction of sp³-hybridized carbons (Fsp3) is 0.833. The molecule has 0 bridgehead atoms. The summed E-state index contributed by atoms with van der Waals surface area (Å²) in [6.07, 6.45) is 10.6. The summed E-state index contributed by atoms with van der Waals surface area (Å²) in [4.78, 5) is 14.2. The normalized spacial score (nSPS) is 28.2. The van der Waals surface area contributed by atoms with Gasteiger partial charge in [-0.15, -0.1) is 0 Å². The molecular formula is C18H29NO4. The molecule has 0 unspecified atom stereocenters. The van der Waals surface area contributed by atoms with E-state index in [9.17, 15) is 4.79 Å². The Kier molecular flexibility index (Phi) is 5.95. The Morgan fingerprint density at radius 3 is 2.74 bits per heavy atom. The third-order valence-electron chi connectivity index (χ3n) is 5.15. The summed E-state index contributed by atoms with van der Waals surface area (Å²) in [6, 6.07) is 0. The lowest BCUT2D eigenvalue weighted by atomic mass is 9.77. The summed E-state index contributed by atoms with van der Waals surface area (Å²) in [5.74, 6) is 1.57. The number of aliphatic hydroxyl groups excluding tert-OH is 1. The van der Waals surface area contributed by atoms with Crippen molar-refractivity contribution in [2.75, 3.05) is 26.3 Å². The first-order valence-electron chi connectivity index (χ1n) is 9.18. The number of carbonyl (C=O) groups excluding carboxylic acids is 1. The van der Waals surface area contributed by atoms with Gasteiger partial charge in [0.1, 0.15) is 0 Å².